The number of carbonyl (C=O) groups is 1. The lowest BCUT2D eigenvalue weighted by Gasteiger charge is -2.35. The molecule has 0 atom stereocenters. The van der Waals surface area contributed by atoms with Gasteiger partial charge in [0.05, 0.1) is 0 Å². The minimum absolute atomic E-state index is 0.0489. The Labute approximate surface area is 120 Å². The predicted octanol–water partition coefficient (Wildman–Crippen LogP) is 1.61. The molecule has 0 bridgehead atoms. The molecular formula is C15H26N4O. The van der Waals surface area contributed by atoms with Gasteiger partial charge in [-0.1, -0.05) is 19.3 Å². The van der Waals surface area contributed by atoms with Crippen LogP contribution >= 0.6 is 0 Å². The number of amides is 1. The Kier molecular flexibility index (Phi) is 5.17. The smallest absolute Gasteiger partial charge is 0.220 e. The third kappa shape index (κ3) is 3.82. The number of rotatable bonds is 6. The van der Waals surface area contributed by atoms with Gasteiger partial charge in [0.2, 0.25) is 5.91 Å². The average Bonchev–Trinajstić information content (AvgIpc) is 2.85. The number of nitrogens with zero attached hydrogens (tertiary/aromatic N) is 2. The van der Waals surface area contributed by atoms with Crippen molar-refractivity contribution >= 4 is 5.91 Å². The Balaban J connectivity index is 1.75. The molecule has 2 rings (SSSR count). The van der Waals surface area contributed by atoms with E-state index in [1.165, 1.54) is 19.3 Å². The normalized spacial score (nSPS) is 17.9. The van der Waals surface area contributed by atoms with Crippen molar-refractivity contribution in [3.63, 3.8) is 0 Å². The highest BCUT2D eigenvalue weighted by Gasteiger charge is 2.32. The van der Waals surface area contributed by atoms with Crippen LogP contribution in [0.2, 0.25) is 0 Å². The zero-order valence-electron chi connectivity index (χ0n) is 12.4. The summed E-state index contributed by atoms with van der Waals surface area (Å²) in [6, 6.07) is 0. The van der Waals surface area contributed by atoms with Crippen molar-refractivity contribution in [2.75, 3.05) is 13.1 Å². The second-order valence-electron chi connectivity index (χ2n) is 5.96. The molecule has 112 valence electrons. The number of hydrogen-bond donors (Lipinski definition) is 2. The third-order valence-electron chi connectivity index (χ3n) is 4.48. The first kappa shape index (κ1) is 15.0. The molecule has 5 nitrogen and oxygen atoms in total. The van der Waals surface area contributed by atoms with E-state index >= 15 is 0 Å². The summed E-state index contributed by atoms with van der Waals surface area (Å²) in [7, 11) is 0. The lowest BCUT2D eigenvalue weighted by molar-refractivity contribution is -0.123. The van der Waals surface area contributed by atoms with Gasteiger partial charge in [0.1, 0.15) is 5.82 Å². The molecule has 1 amide bonds. The molecule has 0 aromatic carbocycles. The van der Waals surface area contributed by atoms with Gasteiger partial charge in [0.25, 0.3) is 0 Å². The molecule has 0 aliphatic heterocycles. The van der Waals surface area contributed by atoms with Gasteiger partial charge in [-0.05, 0) is 31.7 Å². The molecule has 1 heterocycles. The van der Waals surface area contributed by atoms with E-state index in [1.54, 1.807) is 6.20 Å². The van der Waals surface area contributed by atoms with E-state index in [0.29, 0.717) is 19.5 Å². The van der Waals surface area contributed by atoms with Crippen molar-refractivity contribution < 1.29 is 4.79 Å². The van der Waals surface area contributed by atoms with Crippen LogP contribution in [0, 0.1) is 12.3 Å². The molecule has 1 aromatic rings. The van der Waals surface area contributed by atoms with Crippen LogP contribution in [-0.4, -0.2) is 28.5 Å². The van der Waals surface area contributed by atoms with Crippen LogP contribution in [0.15, 0.2) is 12.4 Å². The molecule has 1 fully saturated rings. The maximum absolute atomic E-state index is 12.1. The fourth-order valence-electron chi connectivity index (χ4n) is 3.11. The van der Waals surface area contributed by atoms with E-state index < -0.39 is 0 Å². The van der Waals surface area contributed by atoms with E-state index in [2.05, 4.69) is 10.3 Å². The van der Waals surface area contributed by atoms with E-state index in [9.17, 15) is 4.79 Å². The van der Waals surface area contributed by atoms with E-state index in [-0.39, 0.29) is 11.3 Å². The minimum atomic E-state index is 0.0489. The first-order valence-corrected chi connectivity index (χ1v) is 7.60. The van der Waals surface area contributed by atoms with Crippen LogP contribution in [0.4, 0.5) is 0 Å². The molecule has 1 aliphatic rings. The van der Waals surface area contributed by atoms with Gasteiger partial charge in [-0.3, -0.25) is 4.79 Å². The largest absolute Gasteiger partial charge is 0.354 e. The summed E-state index contributed by atoms with van der Waals surface area (Å²) in [6.07, 6.45) is 10.2. The van der Waals surface area contributed by atoms with Crippen molar-refractivity contribution in [1.29, 1.82) is 0 Å². The predicted molar refractivity (Wildman–Crippen MR) is 79.2 cm³/mol. The fourth-order valence-corrected chi connectivity index (χ4v) is 3.11. The third-order valence-corrected chi connectivity index (χ3v) is 4.48. The van der Waals surface area contributed by atoms with Crippen LogP contribution in [0.1, 0.15) is 44.3 Å². The lowest BCUT2D eigenvalue weighted by Crippen LogP contribution is -2.39. The topological polar surface area (TPSA) is 72.9 Å². The molecule has 0 radical (unpaired) electrons. The Morgan fingerprint density at radius 2 is 2.20 bits per heavy atom. The number of hydrogen-bond acceptors (Lipinski definition) is 3. The number of carbonyl (C=O) groups excluding carboxylic acids is 1. The Morgan fingerprint density at radius 1 is 1.45 bits per heavy atom. The maximum Gasteiger partial charge on any atom is 0.220 e. The molecule has 0 unspecified atom stereocenters. The number of nitrogens with one attached hydrogen (secondary N) is 1. The summed E-state index contributed by atoms with van der Waals surface area (Å²) in [5.41, 5.74) is 5.97. The summed E-state index contributed by atoms with van der Waals surface area (Å²) < 4.78 is 2.04. The molecule has 5 heteroatoms. The summed E-state index contributed by atoms with van der Waals surface area (Å²) in [5.74, 6) is 1.11. The standard InChI is InChI=1S/C15H26N4O/c1-13-17-7-9-19(13)10-8-18-14(20)11-15(12-16)5-3-2-4-6-15/h7,9H,2-6,8,10-12,16H2,1H3,(H,18,20). The Bertz CT molecular complexity index is 435. The Hall–Kier alpha value is -1.36. The lowest BCUT2D eigenvalue weighted by atomic mass is 9.71. The van der Waals surface area contributed by atoms with Gasteiger partial charge in [-0.15, -0.1) is 0 Å². The molecule has 1 aliphatic carbocycles. The van der Waals surface area contributed by atoms with Crippen LogP contribution < -0.4 is 11.1 Å². The molecule has 1 aromatic heterocycles. The highest BCUT2D eigenvalue weighted by atomic mass is 16.1. The first-order chi connectivity index (χ1) is 9.65. The van der Waals surface area contributed by atoms with Gasteiger partial charge >= 0.3 is 0 Å². The SMILES string of the molecule is Cc1nccn1CCNC(=O)CC1(CN)CCCCC1. The van der Waals surface area contributed by atoms with Gasteiger partial charge in [-0.2, -0.15) is 0 Å². The second-order valence-corrected chi connectivity index (χ2v) is 5.96. The quantitative estimate of drug-likeness (QED) is 0.830. The monoisotopic (exact) mass is 278 g/mol. The summed E-state index contributed by atoms with van der Waals surface area (Å²) in [5, 5.41) is 3.01. The molecule has 1 saturated carbocycles. The van der Waals surface area contributed by atoms with Crippen LogP contribution in [-0.2, 0) is 11.3 Å². The molecule has 3 N–H and O–H groups in total. The van der Waals surface area contributed by atoms with Crippen LogP contribution in [0.3, 0.4) is 0 Å². The minimum Gasteiger partial charge on any atom is -0.354 e. The molecule has 0 saturated heterocycles. The van der Waals surface area contributed by atoms with Crippen molar-refractivity contribution in [1.82, 2.24) is 14.9 Å². The van der Waals surface area contributed by atoms with Crippen molar-refractivity contribution in [2.45, 2.75) is 52.0 Å². The van der Waals surface area contributed by atoms with Crippen molar-refractivity contribution in [2.24, 2.45) is 11.1 Å². The highest BCUT2D eigenvalue weighted by molar-refractivity contribution is 5.76. The van der Waals surface area contributed by atoms with E-state index in [0.717, 1.165) is 25.2 Å². The zero-order valence-corrected chi connectivity index (χ0v) is 12.4. The molecule has 0 spiro atoms. The number of aromatic nitrogens is 2. The fraction of sp³-hybridized carbons (Fsp3) is 0.733. The summed E-state index contributed by atoms with van der Waals surface area (Å²) in [6.45, 7) is 4.01. The van der Waals surface area contributed by atoms with E-state index in [4.69, 9.17) is 5.73 Å². The van der Waals surface area contributed by atoms with Gasteiger partial charge in [0, 0.05) is 31.9 Å². The van der Waals surface area contributed by atoms with Crippen LogP contribution in [0.5, 0.6) is 0 Å². The first-order valence-electron chi connectivity index (χ1n) is 7.60. The highest BCUT2D eigenvalue weighted by Crippen LogP contribution is 2.38. The average molecular weight is 278 g/mol. The zero-order chi connectivity index (χ0) is 14.4. The molecule has 20 heavy (non-hydrogen) atoms. The van der Waals surface area contributed by atoms with Gasteiger partial charge in [-0.25, -0.2) is 4.98 Å². The van der Waals surface area contributed by atoms with Gasteiger partial charge in [0.15, 0.2) is 0 Å². The summed E-state index contributed by atoms with van der Waals surface area (Å²) in [4.78, 5) is 16.3. The van der Waals surface area contributed by atoms with E-state index in [1.807, 2.05) is 17.7 Å². The Morgan fingerprint density at radius 3 is 2.80 bits per heavy atom. The summed E-state index contributed by atoms with van der Waals surface area (Å²) >= 11 is 0. The molecular weight excluding hydrogens is 252 g/mol. The maximum atomic E-state index is 12.1. The van der Waals surface area contributed by atoms with Crippen LogP contribution in [0.25, 0.3) is 0 Å². The van der Waals surface area contributed by atoms with Crippen molar-refractivity contribution in [3.8, 4) is 0 Å². The number of imidazole rings is 1. The number of aryl methyl sites for hydroxylation is 1. The van der Waals surface area contributed by atoms with Crippen molar-refractivity contribution in [3.05, 3.63) is 18.2 Å². The number of nitrogens with two attached hydrogens (primary N) is 1. The second kappa shape index (κ2) is 6.88. The van der Waals surface area contributed by atoms with Gasteiger partial charge < -0.3 is 15.6 Å².